The maximum absolute atomic E-state index is 7.01. The zero-order valence-corrected chi connectivity index (χ0v) is 45.8. The largest absolute Gasteiger partial charge is 0.456 e. The molecule has 0 radical (unpaired) electrons. The molecule has 3 heterocycles. The van der Waals surface area contributed by atoms with Crippen molar-refractivity contribution in [2.75, 3.05) is 9.80 Å². The molecule has 0 atom stereocenters. The Labute approximate surface area is 482 Å². The van der Waals surface area contributed by atoms with Crippen molar-refractivity contribution >= 4 is 142 Å². The van der Waals surface area contributed by atoms with Crippen LogP contribution in [-0.2, 0) is 0 Å². The summed E-state index contributed by atoms with van der Waals surface area (Å²) in [4.78, 5) is 4.80. The van der Waals surface area contributed by atoms with Crippen molar-refractivity contribution in [2.45, 2.75) is 0 Å². The van der Waals surface area contributed by atoms with Crippen LogP contribution in [0.25, 0.3) is 124 Å². The molecule has 14 aromatic carbocycles. The van der Waals surface area contributed by atoms with Crippen molar-refractivity contribution in [2.24, 2.45) is 0 Å². The fraction of sp³-hybridized carbons (Fsp3) is 0. The number of anilines is 6. The summed E-state index contributed by atoms with van der Waals surface area (Å²) in [5.41, 5.74) is 16.1. The summed E-state index contributed by atoms with van der Waals surface area (Å²) < 4.78 is 12.0. The van der Waals surface area contributed by atoms with Crippen LogP contribution in [0.4, 0.5) is 34.1 Å². The van der Waals surface area contributed by atoms with Crippen molar-refractivity contribution in [1.29, 1.82) is 0 Å². The molecule has 3 aromatic heterocycles. The lowest BCUT2D eigenvalue weighted by atomic mass is 9.98. The predicted octanol–water partition coefficient (Wildman–Crippen LogP) is 22.8. The summed E-state index contributed by atoms with van der Waals surface area (Å²) in [5.74, 6) is 0. The first-order valence-corrected chi connectivity index (χ1v) is 29.1. The Morgan fingerprint density at radius 2 is 0.795 bits per heavy atom. The van der Waals surface area contributed by atoms with Gasteiger partial charge in [0, 0.05) is 87.0 Å². The van der Waals surface area contributed by atoms with Gasteiger partial charge in [0.05, 0.1) is 22.4 Å². The van der Waals surface area contributed by atoms with Crippen LogP contribution in [0.15, 0.2) is 302 Å². The number of rotatable bonds is 9. The Kier molecular flexibility index (Phi) is 10.8. The van der Waals surface area contributed by atoms with Gasteiger partial charge in [-0.2, -0.15) is 0 Å². The summed E-state index contributed by atoms with van der Waals surface area (Å²) in [6.07, 6.45) is 0. The molecule has 0 aliphatic carbocycles. The topological polar surface area (TPSA) is 24.6 Å². The summed E-state index contributed by atoms with van der Waals surface area (Å²) >= 11 is 1.84. The van der Waals surface area contributed by atoms with Gasteiger partial charge in [-0.1, -0.05) is 188 Å². The molecule has 17 aromatic rings. The molecule has 17 rings (SSSR count). The number of aromatic nitrogens is 1. The first-order chi connectivity index (χ1) is 41.1. The van der Waals surface area contributed by atoms with E-state index in [2.05, 4.69) is 312 Å². The van der Waals surface area contributed by atoms with E-state index in [1.54, 1.807) is 0 Å². The van der Waals surface area contributed by atoms with Gasteiger partial charge in [-0.25, -0.2) is 0 Å². The van der Waals surface area contributed by atoms with Gasteiger partial charge in [0.2, 0.25) is 0 Å². The van der Waals surface area contributed by atoms with E-state index in [4.69, 9.17) is 4.42 Å². The average molecular weight is 1080 g/mol. The van der Waals surface area contributed by atoms with Gasteiger partial charge in [0.15, 0.2) is 0 Å². The molecule has 0 bridgehead atoms. The van der Waals surface area contributed by atoms with E-state index in [0.717, 1.165) is 67.2 Å². The highest BCUT2D eigenvalue weighted by Crippen LogP contribution is 2.47. The minimum atomic E-state index is 0.827. The highest BCUT2D eigenvalue weighted by Gasteiger charge is 2.22. The second-order valence-corrected chi connectivity index (χ2v) is 22.7. The van der Waals surface area contributed by atoms with Crippen molar-refractivity contribution in [1.82, 2.24) is 4.57 Å². The third-order valence-corrected chi connectivity index (χ3v) is 18.1. The van der Waals surface area contributed by atoms with E-state index in [1.165, 1.54) is 91.1 Å². The molecule has 0 spiro atoms. The second-order valence-electron chi connectivity index (χ2n) is 21.6. The number of hydrogen-bond donors (Lipinski definition) is 0. The lowest BCUT2D eigenvalue weighted by Crippen LogP contribution is -2.13. The van der Waals surface area contributed by atoms with Crippen LogP contribution >= 0.6 is 11.3 Å². The number of para-hydroxylation sites is 1. The zero-order chi connectivity index (χ0) is 54.5. The fourth-order valence-electron chi connectivity index (χ4n) is 13.1. The van der Waals surface area contributed by atoms with E-state index in [-0.39, 0.29) is 0 Å². The lowest BCUT2D eigenvalue weighted by molar-refractivity contribution is 0.669. The monoisotopic (exact) mass is 1080 g/mol. The van der Waals surface area contributed by atoms with Crippen LogP contribution in [0.3, 0.4) is 0 Å². The molecular formula is C78H49N3OS. The van der Waals surface area contributed by atoms with E-state index in [9.17, 15) is 0 Å². The van der Waals surface area contributed by atoms with Crippen molar-refractivity contribution in [3.05, 3.63) is 297 Å². The summed E-state index contributed by atoms with van der Waals surface area (Å²) in [6, 6.07) is 109. The molecule has 0 saturated heterocycles. The van der Waals surface area contributed by atoms with Crippen LogP contribution in [-0.4, -0.2) is 4.57 Å². The number of fused-ring (bicyclic) bond motifs is 12. The molecule has 0 saturated carbocycles. The molecule has 0 fully saturated rings. The minimum Gasteiger partial charge on any atom is -0.456 e. The molecule has 0 N–H and O–H groups in total. The Hall–Kier alpha value is -10.7. The Balaban J connectivity index is 0.804. The number of nitrogens with zero attached hydrogens (tertiary/aromatic N) is 3. The van der Waals surface area contributed by atoms with Crippen LogP contribution in [0.2, 0.25) is 0 Å². The van der Waals surface area contributed by atoms with Crippen LogP contribution < -0.4 is 9.80 Å². The smallest absolute Gasteiger partial charge is 0.137 e. The maximum atomic E-state index is 7.01. The average Bonchev–Trinajstić information content (AvgIpc) is 2.82. The van der Waals surface area contributed by atoms with E-state index in [1.807, 2.05) is 11.3 Å². The summed E-state index contributed by atoms with van der Waals surface area (Å²) in [6.45, 7) is 0. The first kappa shape index (κ1) is 47.1. The zero-order valence-electron chi connectivity index (χ0n) is 44.9. The quantitative estimate of drug-likeness (QED) is 0.144. The molecule has 0 unspecified atom stereocenters. The van der Waals surface area contributed by atoms with Gasteiger partial charge in [-0.3, -0.25) is 0 Å². The fourth-order valence-corrected chi connectivity index (χ4v) is 14.2. The summed E-state index contributed by atoms with van der Waals surface area (Å²) in [5, 5.41) is 14.4. The molecular weight excluding hydrogens is 1030 g/mol. The van der Waals surface area contributed by atoms with Gasteiger partial charge in [0.1, 0.15) is 11.2 Å². The van der Waals surface area contributed by atoms with Crippen LogP contribution in [0.1, 0.15) is 0 Å². The molecule has 4 nitrogen and oxygen atoms in total. The molecule has 5 heteroatoms. The maximum Gasteiger partial charge on any atom is 0.137 e. The standard InChI is InChI=1S/C78H49N3OS/c1-4-23-61-50(15-1)18-11-28-62(61)53-33-37-56(38-34-53)80(71-30-12-19-51-16-2-5-24-63(51)71)58-22-14-21-57(47-58)79(59-40-44-78-70(48-59)69-27-8-10-32-77(69)83-78)60-39-43-68-67-42-36-55(46-75(67)82-76(68)49-60)54-35-41-66-65-26-7-9-29-73(65)81(74(66)45-54)72-31-13-20-52-17-3-6-25-64(52)72/h1-49H. The Morgan fingerprint density at radius 3 is 1.61 bits per heavy atom. The Bertz CT molecular complexity index is 5420. The highest BCUT2D eigenvalue weighted by atomic mass is 32.1. The van der Waals surface area contributed by atoms with Crippen LogP contribution in [0, 0.1) is 0 Å². The van der Waals surface area contributed by atoms with Crippen LogP contribution in [0.5, 0.6) is 0 Å². The first-order valence-electron chi connectivity index (χ1n) is 28.3. The Morgan fingerprint density at radius 1 is 0.277 bits per heavy atom. The molecule has 0 amide bonds. The molecule has 388 valence electrons. The van der Waals surface area contributed by atoms with Crippen molar-refractivity contribution in [3.63, 3.8) is 0 Å². The van der Waals surface area contributed by atoms with Gasteiger partial charge in [0.25, 0.3) is 0 Å². The van der Waals surface area contributed by atoms with Gasteiger partial charge < -0.3 is 18.8 Å². The third-order valence-electron chi connectivity index (χ3n) is 16.9. The lowest BCUT2D eigenvalue weighted by Gasteiger charge is -2.30. The number of thiophene rings is 1. The van der Waals surface area contributed by atoms with Crippen molar-refractivity contribution < 1.29 is 4.42 Å². The summed E-state index contributed by atoms with van der Waals surface area (Å²) in [7, 11) is 0. The molecule has 0 aliphatic rings. The van der Waals surface area contributed by atoms with E-state index < -0.39 is 0 Å². The van der Waals surface area contributed by atoms with Crippen molar-refractivity contribution in [3.8, 4) is 27.9 Å². The number of hydrogen-bond acceptors (Lipinski definition) is 4. The molecule has 83 heavy (non-hydrogen) atoms. The normalized spacial score (nSPS) is 11.9. The highest BCUT2D eigenvalue weighted by molar-refractivity contribution is 7.25. The second kappa shape index (κ2) is 19.0. The number of furan rings is 1. The SMILES string of the molecule is c1cc(N(c2ccc3c(c2)oc2cc(-c4ccc5c6ccccc6n(-c6cccc7ccccc67)c5c4)ccc23)c2ccc3sc4ccccc4c3c2)cc(N(c2ccc(-c3cccc4ccccc34)cc2)c2cccc3ccccc23)c1. The molecule has 0 aliphatic heterocycles. The number of benzene rings is 14. The van der Waals surface area contributed by atoms with Gasteiger partial charge in [-0.05, 0) is 147 Å². The van der Waals surface area contributed by atoms with E-state index in [0.29, 0.717) is 0 Å². The van der Waals surface area contributed by atoms with Gasteiger partial charge in [-0.15, -0.1) is 11.3 Å². The van der Waals surface area contributed by atoms with E-state index >= 15 is 0 Å². The predicted molar refractivity (Wildman–Crippen MR) is 354 cm³/mol. The third kappa shape index (κ3) is 7.74. The minimum absolute atomic E-state index is 0.827. The van der Waals surface area contributed by atoms with Gasteiger partial charge >= 0.3 is 0 Å².